The molecule has 1 aromatic heterocycles. The Morgan fingerprint density at radius 2 is 2.00 bits per heavy atom. The molecule has 0 spiro atoms. The van der Waals surface area contributed by atoms with Crippen LogP contribution in [0.3, 0.4) is 0 Å². The molecule has 2 N–H and O–H groups in total. The van der Waals surface area contributed by atoms with Gasteiger partial charge in [0, 0.05) is 18.0 Å². The van der Waals surface area contributed by atoms with Crippen LogP contribution >= 0.6 is 0 Å². The van der Waals surface area contributed by atoms with E-state index in [4.69, 9.17) is 5.73 Å². The number of aryl methyl sites for hydroxylation is 2. The van der Waals surface area contributed by atoms with E-state index in [0.717, 1.165) is 5.82 Å². The van der Waals surface area contributed by atoms with E-state index < -0.39 is 0 Å². The van der Waals surface area contributed by atoms with E-state index in [9.17, 15) is 0 Å². The highest BCUT2D eigenvalue weighted by Gasteiger charge is 2.01. The Kier molecular flexibility index (Phi) is 1.37. The number of rotatable bonds is 0. The molecule has 2 nitrogen and oxygen atoms in total. The molecule has 0 amide bonds. The topological polar surface area (TPSA) is 30.9 Å². The van der Waals surface area contributed by atoms with Gasteiger partial charge in [0.05, 0.1) is 0 Å². The smallest absolute Gasteiger partial charge is 0.104 e. The summed E-state index contributed by atoms with van der Waals surface area (Å²) >= 11 is 0. The summed E-state index contributed by atoms with van der Waals surface area (Å²) in [4.78, 5) is 0. The predicted molar refractivity (Wildman–Crippen MR) is 52.1 cm³/mol. The lowest BCUT2D eigenvalue weighted by Gasteiger charge is -1.98. The molecule has 0 aliphatic carbocycles. The van der Waals surface area contributed by atoms with Crippen molar-refractivity contribution in [3.63, 3.8) is 0 Å². The van der Waals surface area contributed by atoms with Gasteiger partial charge in [0.2, 0.25) is 0 Å². The summed E-state index contributed by atoms with van der Waals surface area (Å²) in [5, 5.41) is 1.21. The van der Waals surface area contributed by atoms with Gasteiger partial charge in [0.15, 0.2) is 0 Å². The van der Waals surface area contributed by atoms with Crippen molar-refractivity contribution in [3.8, 4) is 0 Å². The molecule has 1 aromatic carbocycles. The number of fused-ring (bicyclic) bond motifs is 1. The van der Waals surface area contributed by atoms with E-state index >= 15 is 0 Å². The molecule has 0 radical (unpaired) electrons. The number of nitrogen functional groups attached to an aromatic ring is 1. The Bertz CT molecular complexity index is 427. The van der Waals surface area contributed by atoms with Gasteiger partial charge in [-0.1, -0.05) is 12.1 Å². The molecule has 0 aliphatic heterocycles. The van der Waals surface area contributed by atoms with Crippen molar-refractivity contribution < 1.29 is 0 Å². The van der Waals surface area contributed by atoms with Crippen LogP contribution in [0.2, 0.25) is 0 Å². The van der Waals surface area contributed by atoms with E-state index in [-0.39, 0.29) is 0 Å². The molecule has 62 valence electrons. The summed E-state index contributed by atoms with van der Waals surface area (Å²) in [7, 11) is 1.98. The number of aromatic nitrogens is 1. The molecule has 0 bridgehead atoms. The number of nitrogens with zero attached hydrogens (tertiary/aromatic N) is 1. The van der Waals surface area contributed by atoms with Gasteiger partial charge in [-0.15, -0.1) is 0 Å². The van der Waals surface area contributed by atoms with Gasteiger partial charge in [0.1, 0.15) is 5.82 Å². The minimum Gasteiger partial charge on any atom is -0.385 e. The average Bonchev–Trinajstić information content (AvgIpc) is 2.31. The fourth-order valence-corrected chi connectivity index (χ4v) is 1.46. The summed E-state index contributed by atoms with van der Waals surface area (Å²) in [6.45, 7) is 2.09. The second-order valence-corrected chi connectivity index (χ2v) is 3.19. The first-order valence-corrected chi connectivity index (χ1v) is 4.00. The van der Waals surface area contributed by atoms with Crippen molar-refractivity contribution in [1.29, 1.82) is 0 Å². The average molecular weight is 160 g/mol. The van der Waals surface area contributed by atoms with E-state index in [1.807, 2.05) is 17.7 Å². The predicted octanol–water partition coefficient (Wildman–Crippen LogP) is 2.07. The summed E-state index contributed by atoms with van der Waals surface area (Å²) in [6.07, 6.45) is 0. The molecule has 2 rings (SSSR count). The summed E-state index contributed by atoms with van der Waals surface area (Å²) in [5.41, 5.74) is 8.23. The molecule has 1 heterocycles. The van der Waals surface area contributed by atoms with Crippen LogP contribution in [0.5, 0.6) is 0 Å². The Morgan fingerprint density at radius 1 is 1.25 bits per heavy atom. The summed E-state index contributed by atoms with van der Waals surface area (Å²) in [6, 6.07) is 8.34. The molecular formula is C10H12N2. The van der Waals surface area contributed by atoms with Crippen molar-refractivity contribution in [2.75, 3.05) is 5.73 Å². The number of anilines is 1. The maximum absolute atomic E-state index is 5.77. The minimum absolute atomic E-state index is 0.815. The van der Waals surface area contributed by atoms with Crippen LogP contribution in [0.15, 0.2) is 24.3 Å². The lowest BCUT2D eigenvalue weighted by atomic mass is 10.2. The first kappa shape index (κ1) is 7.22. The van der Waals surface area contributed by atoms with E-state index in [1.54, 1.807) is 0 Å². The van der Waals surface area contributed by atoms with Crippen LogP contribution in [0, 0.1) is 6.92 Å². The molecule has 0 saturated heterocycles. The number of hydrogen-bond donors (Lipinski definition) is 1. The number of benzene rings is 1. The Labute approximate surface area is 71.6 Å². The SMILES string of the molecule is Cc1ccc2cc(N)n(C)c2c1. The highest BCUT2D eigenvalue weighted by atomic mass is 15.0. The Balaban J connectivity index is 2.88. The molecule has 2 heteroatoms. The van der Waals surface area contributed by atoms with E-state index in [2.05, 4.69) is 25.1 Å². The molecular weight excluding hydrogens is 148 g/mol. The summed E-state index contributed by atoms with van der Waals surface area (Å²) < 4.78 is 2.00. The third-order valence-corrected chi connectivity index (χ3v) is 2.24. The minimum atomic E-state index is 0.815. The lowest BCUT2D eigenvalue weighted by molar-refractivity contribution is 0.982. The van der Waals surface area contributed by atoms with Crippen LogP contribution in [0.1, 0.15) is 5.56 Å². The monoisotopic (exact) mass is 160 g/mol. The van der Waals surface area contributed by atoms with Crippen LogP contribution < -0.4 is 5.73 Å². The van der Waals surface area contributed by atoms with Crippen LogP contribution in [-0.4, -0.2) is 4.57 Å². The third-order valence-electron chi connectivity index (χ3n) is 2.24. The second kappa shape index (κ2) is 2.27. The standard InChI is InChI=1S/C10H12N2/c1-7-3-4-8-6-10(11)12(2)9(8)5-7/h3-6H,11H2,1-2H3. The van der Waals surface area contributed by atoms with Crippen molar-refractivity contribution in [2.45, 2.75) is 6.92 Å². The van der Waals surface area contributed by atoms with Gasteiger partial charge in [-0.25, -0.2) is 0 Å². The molecule has 12 heavy (non-hydrogen) atoms. The highest BCUT2D eigenvalue weighted by Crippen LogP contribution is 2.20. The third kappa shape index (κ3) is 0.881. The van der Waals surface area contributed by atoms with Gasteiger partial charge in [-0.2, -0.15) is 0 Å². The van der Waals surface area contributed by atoms with Gasteiger partial charge < -0.3 is 10.3 Å². The quantitative estimate of drug-likeness (QED) is 0.628. The van der Waals surface area contributed by atoms with E-state index in [0.29, 0.717) is 0 Å². The maximum Gasteiger partial charge on any atom is 0.104 e. The fourth-order valence-electron chi connectivity index (χ4n) is 1.46. The highest BCUT2D eigenvalue weighted by molar-refractivity contribution is 5.84. The van der Waals surface area contributed by atoms with Gasteiger partial charge in [-0.05, 0) is 24.6 Å². The largest absolute Gasteiger partial charge is 0.385 e. The molecule has 0 unspecified atom stereocenters. The van der Waals surface area contributed by atoms with Gasteiger partial charge in [-0.3, -0.25) is 0 Å². The zero-order valence-electron chi connectivity index (χ0n) is 7.33. The maximum atomic E-state index is 5.77. The fraction of sp³-hybridized carbons (Fsp3) is 0.200. The molecule has 2 aromatic rings. The van der Waals surface area contributed by atoms with Crippen molar-refractivity contribution in [2.24, 2.45) is 7.05 Å². The second-order valence-electron chi connectivity index (χ2n) is 3.19. The van der Waals surface area contributed by atoms with Gasteiger partial charge in [0.25, 0.3) is 0 Å². The Morgan fingerprint density at radius 3 is 2.75 bits per heavy atom. The Hall–Kier alpha value is -1.44. The van der Waals surface area contributed by atoms with Gasteiger partial charge >= 0.3 is 0 Å². The van der Waals surface area contributed by atoms with Crippen molar-refractivity contribution in [1.82, 2.24) is 4.57 Å². The van der Waals surface area contributed by atoms with E-state index in [1.165, 1.54) is 16.5 Å². The number of nitrogens with two attached hydrogens (primary N) is 1. The lowest BCUT2D eigenvalue weighted by Crippen LogP contribution is -1.94. The van der Waals surface area contributed by atoms with Crippen LogP contribution in [0.4, 0.5) is 5.82 Å². The molecule has 0 saturated carbocycles. The van der Waals surface area contributed by atoms with Crippen molar-refractivity contribution >= 4 is 16.7 Å². The van der Waals surface area contributed by atoms with Crippen LogP contribution in [0.25, 0.3) is 10.9 Å². The van der Waals surface area contributed by atoms with Crippen LogP contribution in [-0.2, 0) is 7.05 Å². The first-order chi connectivity index (χ1) is 5.68. The normalized spacial score (nSPS) is 10.8. The number of hydrogen-bond acceptors (Lipinski definition) is 1. The first-order valence-electron chi connectivity index (χ1n) is 4.00. The molecule has 0 atom stereocenters. The van der Waals surface area contributed by atoms with Crippen molar-refractivity contribution in [3.05, 3.63) is 29.8 Å². The zero-order valence-corrected chi connectivity index (χ0v) is 7.33. The zero-order chi connectivity index (χ0) is 8.72. The molecule has 0 fully saturated rings. The summed E-state index contributed by atoms with van der Waals surface area (Å²) in [5.74, 6) is 0.815. The molecule has 0 aliphatic rings.